The van der Waals surface area contributed by atoms with Gasteiger partial charge in [-0.05, 0) is 30.4 Å². The van der Waals surface area contributed by atoms with Gasteiger partial charge in [0.1, 0.15) is 11.4 Å². The Morgan fingerprint density at radius 3 is 3.00 bits per heavy atom. The van der Waals surface area contributed by atoms with Crippen LogP contribution in [0.2, 0.25) is 0 Å². The Morgan fingerprint density at radius 1 is 1.67 bits per heavy atom. The van der Waals surface area contributed by atoms with Gasteiger partial charge < -0.3 is 10.4 Å². The molecular weight excluding hydrogens is 192 g/mol. The number of hydrogen-bond donors (Lipinski definition) is 2. The van der Waals surface area contributed by atoms with E-state index in [2.05, 4.69) is 17.2 Å². The molecule has 1 aromatic heterocycles. The van der Waals surface area contributed by atoms with Crippen LogP contribution in [0, 0.1) is 5.41 Å². The molecule has 4 nitrogen and oxygen atoms in total. The lowest BCUT2D eigenvalue weighted by Gasteiger charge is -2.11. The number of aromatic carboxylic acids is 1. The van der Waals surface area contributed by atoms with E-state index in [0.29, 0.717) is 11.2 Å². The van der Waals surface area contributed by atoms with Gasteiger partial charge in [0, 0.05) is 12.7 Å². The highest BCUT2D eigenvalue weighted by molar-refractivity contribution is 5.92. The fourth-order valence-corrected chi connectivity index (χ4v) is 1.41. The van der Waals surface area contributed by atoms with Crippen molar-refractivity contribution in [3.8, 4) is 0 Å². The molecule has 0 amide bonds. The van der Waals surface area contributed by atoms with Crippen LogP contribution in [0.25, 0.3) is 0 Å². The molecule has 0 bridgehead atoms. The molecule has 80 valence electrons. The second-order valence-electron chi connectivity index (χ2n) is 4.37. The molecular formula is C11H14N2O2. The molecule has 1 aliphatic carbocycles. The van der Waals surface area contributed by atoms with E-state index < -0.39 is 5.97 Å². The second-order valence-corrected chi connectivity index (χ2v) is 4.37. The molecule has 0 saturated heterocycles. The largest absolute Gasteiger partial charge is 0.478 e. The predicted octanol–water partition coefficient (Wildman–Crippen LogP) is 1.99. The smallest absolute Gasteiger partial charge is 0.339 e. The summed E-state index contributed by atoms with van der Waals surface area (Å²) in [6.45, 7) is 2.98. The third-order valence-corrected chi connectivity index (χ3v) is 2.82. The van der Waals surface area contributed by atoms with E-state index in [1.165, 1.54) is 12.8 Å². The molecule has 1 saturated carbocycles. The van der Waals surface area contributed by atoms with Crippen LogP contribution < -0.4 is 5.32 Å². The molecule has 1 fully saturated rings. The molecule has 15 heavy (non-hydrogen) atoms. The van der Waals surface area contributed by atoms with Gasteiger partial charge in [0.2, 0.25) is 0 Å². The molecule has 1 aromatic rings. The quantitative estimate of drug-likeness (QED) is 0.790. The standard InChI is InChI=1S/C11H14N2O2/c1-11(4-5-11)7-13-9-8(10(14)15)3-2-6-12-9/h2-3,6H,4-5,7H2,1H3,(H,12,13)(H,14,15). The van der Waals surface area contributed by atoms with E-state index >= 15 is 0 Å². The fraction of sp³-hybridized carbons (Fsp3) is 0.455. The van der Waals surface area contributed by atoms with Crippen LogP contribution in [0.5, 0.6) is 0 Å². The van der Waals surface area contributed by atoms with E-state index in [1.807, 2.05) is 0 Å². The maximum atomic E-state index is 10.9. The van der Waals surface area contributed by atoms with Crippen molar-refractivity contribution in [2.24, 2.45) is 5.41 Å². The summed E-state index contributed by atoms with van der Waals surface area (Å²) in [6.07, 6.45) is 4.01. The van der Waals surface area contributed by atoms with Gasteiger partial charge in [0.15, 0.2) is 0 Å². The lowest BCUT2D eigenvalue weighted by atomic mass is 10.1. The summed E-state index contributed by atoms with van der Waals surface area (Å²) in [5.41, 5.74) is 0.578. The first-order valence-corrected chi connectivity index (χ1v) is 5.03. The van der Waals surface area contributed by atoms with Crippen molar-refractivity contribution in [2.45, 2.75) is 19.8 Å². The van der Waals surface area contributed by atoms with Crippen molar-refractivity contribution in [1.82, 2.24) is 4.98 Å². The first kappa shape index (κ1) is 9.96. The second kappa shape index (κ2) is 3.53. The summed E-state index contributed by atoms with van der Waals surface area (Å²) in [5.74, 6) is -0.468. The lowest BCUT2D eigenvalue weighted by Crippen LogP contribution is -2.15. The molecule has 0 radical (unpaired) electrons. The van der Waals surface area contributed by atoms with Crippen LogP contribution in [0.3, 0.4) is 0 Å². The molecule has 1 heterocycles. The molecule has 0 aliphatic heterocycles. The molecule has 0 unspecified atom stereocenters. The minimum Gasteiger partial charge on any atom is -0.478 e. The number of carboxylic acid groups (broad SMARTS) is 1. The van der Waals surface area contributed by atoms with E-state index in [-0.39, 0.29) is 5.56 Å². The molecule has 1 aliphatic rings. The van der Waals surface area contributed by atoms with Gasteiger partial charge in [-0.2, -0.15) is 0 Å². The van der Waals surface area contributed by atoms with Crippen molar-refractivity contribution in [3.63, 3.8) is 0 Å². The Hall–Kier alpha value is -1.58. The van der Waals surface area contributed by atoms with Crippen LogP contribution in [-0.4, -0.2) is 22.6 Å². The zero-order chi connectivity index (χ0) is 10.9. The van der Waals surface area contributed by atoms with Gasteiger partial charge in [-0.1, -0.05) is 6.92 Å². The zero-order valence-electron chi connectivity index (χ0n) is 8.66. The van der Waals surface area contributed by atoms with Crippen molar-refractivity contribution in [3.05, 3.63) is 23.9 Å². The Morgan fingerprint density at radius 2 is 2.40 bits per heavy atom. The highest BCUT2D eigenvalue weighted by Gasteiger charge is 2.37. The maximum absolute atomic E-state index is 10.9. The summed E-state index contributed by atoms with van der Waals surface area (Å²) in [4.78, 5) is 14.9. The molecule has 0 aromatic carbocycles. The average molecular weight is 206 g/mol. The summed E-state index contributed by atoms with van der Waals surface area (Å²) in [7, 11) is 0. The van der Waals surface area contributed by atoms with Crippen LogP contribution in [0.4, 0.5) is 5.82 Å². The maximum Gasteiger partial charge on any atom is 0.339 e. The van der Waals surface area contributed by atoms with Crippen LogP contribution in [0.15, 0.2) is 18.3 Å². The summed E-state index contributed by atoms with van der Waals surface area (Å²) in [5, 5.41) is 12.0. The van der Waals surface area contributed by atoms with Gasteiger partial charge in [0.05, 0.1) is 0 Å². The van der Waals surface area contributed by atoms with Crippen LogP contribution in [-0.2, 0) is 0 Å². The average Bonchev–Trinajstić information content (AvgIpc) is 2.95. The highest BCUT2D eigenvalue weighted by Crippen LogP contribution is 2.44. The lowest BCUT2D eigenvalue weighted by molar-refractivity contribution is 0.0697. The van der Waals surface area contributed by atoms with Crippen LogP contribution >= 0.6 is 0 Å². The minimum absolute atomic E-state index is 0.238. The van der Waals surface area contributed by atoms with Crippen LogP contribution in [0.1, 0.15) is 30.1 Å². The van der Waals surface area contributed by atoms with E-state index in [4.69, 9.17) is 5.11 Å². The van der Waals surface area contributed by atoms with E-state index in [9.17, 15) is 4.79 Å². The first-order chi connectivity index (χ1) is 7.11. The monoisotopic (exact) mass is 206 g/mol. The van der Waals surface area contributed by atoms with Crippen molar-refractivity contribution in [2.75, 3.05) is 11.9 Å². The number of aromatic nitrogens is 1. The van der Waals surface area contributed by atoms with Crippen molar-refractivity contribution in [1.29, 1.82) is 0 Å². The minimum atomic E-state index is -0.938. The first-order valence-electron chi connectivity index (χ1n) is 5.03. The number of rotatable bonds is 4. The Labute approximate surface area is 88.3 Å². The van der Waals surface area contributed by atoms with Gasteiger partial charge in [-0.25, -0.2) is 9.78 Å². The number of nitrogens with one attached hydrogen (secondary N) is 1. The summed E-state index contributed by atoms with van der Waals surface area (Å²) < 4.78 is 0. The summed E-state index contributed by atoms with van der Waals surface area (Å²) >= 11 is 0. The topological polar surface area (TPSA) is 62.2 Å². The molecule has 2 N–H and O–H groups in total. The third-order valence-electron chi connectivity index (χ3n) is 2.82. The molecule has 4 heteroatoms. The number of carbonyl (C=O) groups is 1. The Balaban J connectivity index is 2.09. The predicted molar refractivity (Wildman–Crippen MR) is 57.0 cm³/mol. The number of carboxylic acids is 1. The van der Waals surface area contributed by atoms with Gasteiger partial charge >= 0.3 is 5.97 Å². The van der Waals surface area contributed by atoms with Gasteiger partial charge in [-0.15, -0.1) is 0 Å². The number of nitrogens with zero attached hydrogens (tertiary/aromatic N) is 1. The Bertz CT molecular complexity index is 386. The highest BCUT2D eigenvalue weighted by atomic mass is 16.4. The molecule has 0 spiro atoms. The van der Waals surface area contributed by atoms with Gasteiger partial charge in [-0.3, -0.25) is 0 Å². The molecule has 2 rings (SSSR count). The number of pyridine rings is 1. The van der Waals surface area contributed by atoms with E-state index in [1.54, 1.807) is 18.3 Å². The third kappa shape index (κ3) is 2.26. The normalized spacial score (nSPS) is 17.1. The van der Waals surface area contributed by atoms with Crippen molar-refractivity contribution >= 4 is 11.8 Å². The van der Waals surface area contributed by atoms with Crippen molar-refractivity contribution < 1.29 is 9.90 Å². The Kier molecular flexibility index (Phi) is 2.34. The SMILES string of the molecule is CC1(CNc2ncccc2C(=O)O)CC1. The van der Waals surface area contributed by atoms with Gasteiger partial charge in [0.25, 0.3) is 0 Å². The number of anilines is 1. The molecule has 0 atom stereocenters. The number of hydrogen-bond acceptors (Lipinski definition) is 3. The van der Waals surface area contributed by atoms with E-state index in [0.717, 1.165) is 6.54 Å². The summed E-state index contributed by atoms with van der Waals surface area (Å²) in [6, 6.07) is 3.19. The zero-order valence-corrected chi connectivity index (χ0v) is 8.66. The fourth-order valence-electron chi connectivity index (χ4n) is 1.41.